The zero-order valence-corrected chi connectivity index (χ0v) is 17.0. The standard InChI is InChI=1S/C23H32N4O/c1-25-15-11-24-23(25)21-8-5-12-27(18-21)22(28)16-19-9-13-26(14-10-19)17-20-6-3-2-4-7-20/h2-4,6-7,11,15,19,21H,5,8-10,12-14,16-18H2,1H3/t21-/m0/s1. The molecule has 0 N–H and O–H groups in total. The Labute approximate surface area is 168 Å². The average Bonchev–Trinajstić information content (AvgIpc) is 3.16. The number of hydrogen-bond donors (Lipinski definition) is 0. The lowest BCUT2D eigenvalue weighted by atomic mass is 9.91. The summed E-state index contributed by atoms with van der Waals surface area (Å²) < 4.78 is 2.10. The van der Waals surface area contributed by atoms with Gasteiger partial charge >= 0.3 is 0 Å². The van der Waals surface area contributed by atoms with Crippen molar-refractivity contribution < 1.29 is 4.79 Å². The molecular formula is C23H32N4O. The third-order valence-electron chi connectivity index (χ3n) is 6.42. The Morgan fingerprint density at radius 1 is 1.11 bits per heavy atom. The van der Waals surface area contributed by atoms with Gasteiger partial charge in [-0.05, 0) is 50.3 Å². The Morgan fingerprint density at radius 3 is 2.61 bits per heavy atom. The van der Waals surface area contributed by atoms with Crippen molar-refractivity contribution in [2.75, 3.05) is 26.2 Å². The zero-order valence-electron chi connectivity index (χ0n) is 17.0. The van der Waals surface area contributed by atoms with E-state index in [4.69, 9.17) is 0 Å². The first-order chi connectivity index (χ1) is 13.7. The van der Waals surface area contributed by atoms with E-state index in [1.54, 1.807) is 0 Å². The van der Waals surface area contributed by atoms with Gasteiger partial charge in [0.05, 0.1) is 0 Å². The van der Waals surface area contributed by atoms with Crippen LogP contribution in [0.5, 0.6) is 0 Å². The number of hydrogen-bond acceptors (Lipinski definition) is 3. The Hall–Kier alpha value is -2.14. The van der Waals surface area contributed by atoms with E-state index in [1.165, 1.54) is 5.56 Å². The molecule has 4 rings (SSSR count). The van der Waals surface area contributed by atoms with Crippen LogP contribution in [0, 0.1) is 5.92 Å². The third-order valence-corrected chi connectivity index (χ3v) is 6.42. The molecule has 28 heavy (non-hydrogen) atoms. The van der Waals surface area contributed by atoms with Gasteiger partial charge in [-0.15, -0.1) is 0 Å². The van der Waals surface area contributed by atoms with Crippen molar-refractivity contribution >= 4 is 5.91 Å². The molecule has 150 valence electrons. The van der Waals surface area contributed by atoms with Crippen LogP contribution in [0.4, 0.5) is 0 Å². The number of nitrogens with zero attached hydrogens (tertiary/aromatic N) is 4. The van der Waals surface area contributed by atoms with E-state index in [1.807, 2.05) is 19.4 Å². The normalized spacial score (nSPS) is 21.8. The first kappa shape index (κ1) is 19.2. The first-order valence-electron chi connectivity index (χ1n) is 10.7. The summed E-state index contributed by atoms with van der Waals surface area (Å²) in [6.07, 6.45) is 9.06. The number of benzene rings is 1. The maximum atomic E-state index is 12.9. The van der Waals surface area contributed by atoms with Crippen molar-refractivity contribution in [2.45, 2.75) is 44.6 Å². The van der Waals surface area contributed by atoms with E-state index in [0.29, 0.717) is 24.2 Å². The van der Waals surface area contributed by atoms with Gasteiger partial charge in [0.25, 0.3) is 0 Å². The highest BCUT2D eigenvalue weighted by molar-refractivity contribution is 5.76. The second kappa shape index (κ2) is 8.91. The Bertz CT molecular complexity index is 764. The van der Waals surface area contributed by atoms with Crippen LogP contribution in [0.2, 0.25) is 0 Å². The average molecular weight is 381 g/mol. The monoisotopic (exact) mass is 380 g/mol. The van der Waals surface area contributed by atoms with Gasteiger partial charge in [0.1, 0.15) is 5.82 Å². The van der Waals surface area contributed by atoms with Crippen LogP contribution in [0.1, 0.15) is 49.4 Å². The maximum absolute atomic E-state index is 12.9. The van der Waals surface area contributed by atoms with Crippen LogP contribution in [-0.4, -0.2) is 51.4 Å². The van der Waals surface area contributed by atoms with Gasteiger partial charge in [0.15, 0.2) is 0 Å². The van der Waals surface area contributed by atoms with Crippen molar-refractivity contribution in [3.63, 3.8) is 0 Å². The Kier molecular flexibility index (Phi) is 6.10. The minimum absolute atomic E-state index is 0.348. The molecule has 2 aliphatic rings. The lowest BCUT2D eigenvalue weighted by molar-refractivity contribution is -0.133. The number of rotatable bonds is 5. The van der Waals surface area contributed by atoms with E-state index >= 15 is 0 Å². The molecule has 2 saturated heterocycles. The van der Waals surface area contributed by atoms with Gasteiger partial charge in [-0.25, -0.2) is 4.98 Å². The predicted molar refractivity (Wildman–Crippen MR) is 111 cm³/mol. The van der Waals surface area contributed by atoms with E-state index < -0.39 is 0 Å². The van der Waals surface area contributed by atoms with Gasteiger partial charge in [-0.3, -0.25) is 9.69 Å². The molecule has 0 saturated carbocycles. The van der Waals surface area contributed by atoms with Gasteiger partial charge in [-0.2, -0.15) is 0 Å². The third kappa shape index (κ3) is 4.64. The molecule has 2 aliphatic heterocycles. The number of piperidine rings is 2. The molecule has 1 aromatic heterocycles. The van der Waals surface area contributed by atoms with Crippen molar-refractivity contribution in [3.8, 4) is 0 Å². The largest absolute Gasteiger partial charge is 0.342 e. The molecule has 1 aromatic carbocycles. The number of likely N-dealkylation sites (tertiary alicyclic amines) is 2. The van der Waals surface area contributed by atoms with Crippen LogP contribution in [0.25, 0.3) is 0 Å². The SMILES string of the molecule is Cn1ccnc1[C@H]1CCCN(C(=O)CC2CCN(Cc3ccccc3)CC2)C1. The predicted octanol–water partition coefficient (Wildman–Crippen LogP) is 3.43. The van der Waals surface area contributed by atoms with Crippen LogP contribution in [-0.2, 0) is 18.4 Å². The number of aryl methyl sites for hydroxylation is 1. The molecule has 5 nitrogen and oxygen atoms in total. The van der Waals surface area contributed by atoms with Crippen LogP contribution in [0.15, 0.2) is 42.7 Å². The molecule has 0 aliphatic carbocycles. The molecule has 0 unspecified atom stereocenters. The summed E-state index contributed by atoms with van der Waals surface area (Å²) in [5, 5.41) is 0. The molecule has 2 fully saturated rings. The number of carbonyl (C=O) groups excluding carboxylic acids is 1. The fraction of sp³-hybridized carbons (Fsp3) is 0.565. The molecule has 1 amide bonds. The molecule has 0 bridgehead atoms. The fourth-order valence-corrected chi connectivity index (χ4v) is 4.75. The number of aromatic nitrogens is 2. The quantitative estimate of drug-likeness (QED) is 0.798. The summed E-state index contributed by atoms with van der Waals surface area (Å²) >= 11 is 0. The number of imidazole rings is 1. The summed E-state index contributed by atoms with van der Waals surface area (Å²) in [5.41, 5.74) is 1.38. The summed E-state index contributed by atoms with van der Waals surface area (Å²) in [6.45, 7) is 4.97. The smallest absolute Gasteiger partial charge is 0.222 e. The van der Waals surface area contributed by atoms with Gasteiger partial charge in [0, 0.05) is 51.4 Å². The van der Waals surface area contributed by atoms with Crippen LogP contribution >= 0.6 is 0 Å². The highest BCUT2D eigenvalue weighted by Gasteiger charge is 2.29. The maximum Gasteiger partial charge on any atom is 0.222 e. The van der Waals surface area contributed by atoms with Gasteiger partial charge < -0.3 is 9.47 Å². The minimum Gasteiger partial charge on any atom is -0.342 e. The van der Waals surface area contributed by atoms with Crippen molar-refractivity contribution in [3.05, 3.63) is 54.1 Å². The summed E-state index contributed by atoms with van der Waals surface area (Å²) in [4.78, 5) is 22.1. The number of carbonyl (C=O) groups is 1. The number of amides is 1. The summed E-state index contributed by atoms with van der Waals surface area (Å²) in [6, 6.07) is 10.7. The summed E-state index contributed by atoms with van der Waals surface area (Å²) in [5.74, 6) is 2.38. The highest BCUT2D eigenvalue weighted by atomic mass is 16.2. The molecule has 5 heteroatoms. The van der Waals surface area contributed by atoms with E-state index in [0.717, 1.165) is 64.2 Å². The zero-order chi connectivity index (χ0) is 19.3. The lowest BCUT2D eigenvalue weighted by Gasteiger charge is -2.35. The van der Waals surface area contributed by atoms with Crippen LogP contribution < -0.4 is 0 Å². The minimum atomic E-state index is 0.348. The molecule has 0 spiro atoms. The topological polar surface area (TPSA) is 41.4 Å². The fourth-order valence-electron chi connectivity index (χ4n) is 4.75. The van der Waals surface area contributed by atoms with Crippen molar-refractivity contribution in [1.29, 1.82) is 0 Å². The van der Waals surface area contributed by atoms with E-state index in [9.17, 15) is 4.79 Å². The molecule has 1 atom stereocenters. The second-order valence-corrected chi connectivity index (χ2v) is 8.48. The highest BCUT2D eigenvalue weighted by Crippen LogP contribution is 2.28. The second-order valence-electron chi connectivity index (χ2n) is 8.48. The first-order valence-corrected chi connectivity index (χ1v) is 10.7. The molecular weight excluding hydrogens is 348 g/mol. The van der Waals surface area contributed by atoms with Gasteiger partial charge in [-0.1, -0.05) is 30.3 Å². The van der Waals surface area contributed by atoms with E-state index in [-0.39, 0.29) is 0 Å². The molecule has 3 heterocycles. The van der Waals surface area contributed by atoms with Crippen molar-refractivity contribution in [2.24, 2.45) is 13.0 Å². The van der Waals surface area contributed by atoms with Crippen molar-refractivity contribution in [1.82, 2.24) is 19.4 Å². The molecule has 0 radical (unpaired) electrons. The Balaban J connectivity index is 1.25. The summed E-state index contributed by atoms with van der Waals surface area (Å²) in [7, 11) is 2.05. The Morgan fingerprint density at radius 2 is 1.89 bits per heavy atom. The molecule has 2 aromatic rings. The van der Waals surface area contributed by atoms with E-state index in [2.05, 4.69) is 49.7 Å². The van der Waals surface area contributed by atoms with Crippen LogP contribution in [0.3, 0.4) is 0 Å². The lowest BCUT2D eigenvalue weighted by Crippen LogP contribution is -2.41. The van der Waals surface area contributed by atoms with Gasteiger partial charge in [0.2, 0.25) is 5.91 Å².